The van der Waals surface area contributed by atoms with Crippen LogP contribution in [0.3, 0.4) is 0 Å². The van der Waals surface area contributed by atoms with Crippen LogP contribution in [0.5, 0.6) is 0 Å². The number of halogens is 1. The van der Waals surface area contributed by atoms with Crippen LogP contribution in [-0.2, 0) is 13.6 Å². The Kier molecular flexibility index (Phi) is 3.43. The molecule has 1 aromatic heterocycles. The van der Waals surface area contributed by atoms with E-state index in [9.17, 15) is 0 Å². The molecular weight excluding hydrogens is 220 g/mol. The lowest BCUT2D eigenvalue weighted by atomic mass is 10.5. The van der Waals surface area contributed by atoms with E-state index in [1.54, 1.807) is 11.0 Å². The molecule has 0 aliphatic rings. The molecule has 66 valence electrons. The van der Waals surface area contributed by atoms with Crippen molar-refractivity contribution in [3.05, 3.63) is 23.2 Å². The molecule has 0 aliphatic carbocycles. The smallest absolute Gasteiger partial charge is 0.140 e. The van der Waals surface area contributed by atoms with Crippen LogP contribution < -0.4 is 5.32 Å². The minimum absolute atomic E-state index is 0.709. The van der Waals surface area contributed by atoms with Crippen LogP contribution in [0, 0.1) is 0 Å². The Morgan fingerprint density at radius 3 is 3.08 bits per heavy atom. The summed E-state index contributed by atoms with van der Waals surface area (Å²) in [6, 6.07) is 0. The summed E-state index contributed by atoms with van der Waals surface area (Å²) >= 11 is 3.26. The van der Waals surface area contributed by atoms with Crippen molar-refractivity contribution in [2.45, 2.75) is 6.54 Å². The Bertz CT molecular complexity index is 268. The Morgan fingerprint density at radius 2 is 2.58 bits per heavy atom. The summed E-state index contributed by atoms with van der Waals surface area (Å²) in [5, 5.41) is 7.10. The summed E-state index contributed by atoms with van der Waals surface area (Å²) in [5.41, 5.74) is 0. The zero-order valence-electron chi connectivity index (χ0n) is 6.92. The number of hydrogen-bond donors (Lipinski definition) is 1. The third-order valence-electron chi connectivity index (χ3n) is 1.41. The molecule has 5 heteroatoms. The summed E-state index contributed by atoms with van der Waals surface area (Å²) in [4.78, 5) is 4.06. The van der Waals surface area contributed by atoms with E-state index in [-0.39, 0.29) is 0 Å². The van der Waals surface area contributed by atoms with Crippen LogP contribution in [0.4, 0.5) is 0 Å². The summed E-state index contributed by atoms with van der Waals surface area (Å²) in [5.74, 6) is 0.920. The summed E-state index contributed by atoms with van der Waals surface area (Å²) in [7, 11) is 1.87. The van der Waals surface area contributed by atoms with Crippen molar-refractivity contribution in [3.8, 4) is 0 Å². The molecule has 4 nitrogen and oxygen atoms in total. The standard InChI is InChI=1S/C7H11BrN4/c1-6(8)3-9-4-7-10-5-11-12(7)2/h5,9H,1,3-4H2,2H3. The molecule has 0 saturated heterocycles. The molecule has 0 aliphatic heterocycles. The fourth-order valence-electron chi connectivity index (χ4n) is 0.790. The first-order valence-electron chi connectivity index (χ1n) is 3.57. The van der Waals surface area contributed by atoms with Crippen molar-refractivity contribution in [2.24, 2.45) is 7.05 Å². The second-order valence-corrected chi connectivity index (χ2v) is 3.54. The van der Waals surface area contributed by atoms with Crippen LogP contribution >= 0.6 is 15.9 Å². The van der Waals surface area contributed by atoms with E-state index in [0.717, 1.165) is 16.9 Å². The summed E-state index contributed by atoms with van der Waals surface area (Å²) in [6.07, 6.45) is 1.54. The van der Waals surface area contributed by atoms with Crippen molar-refractivity contribution in [1.82, 2.24) is 20.1 Å². The van der Waals surface area contributed by atoms with Gasteiger partial charge in [-0.25, -0.2) is 4.98 Å². The molecule has 0 fully saturated rings. The van der Waals surface area contributed by atoms with Gasteiger partial charge in [0.15, 0.2) is 0 Å². The lowest BCUT2D eigenvalue weighted by Gasteiger charge is -2.01. The van der Waals surface area contributed by atoms with E-state index < -0.39 is 0 Å². The van der Waals surface area contributed by atoms with Gasteiger partial charge in [0.05, 0.1) is 6.54 Å². The van der Waals surface area contributed by atoms with Crippen LogP contribution in [0.15, 0.2) is 17.4 Å². The third-order valence-corrected chi connectivity index (χ3v) is 1.69. The molecule has 12 heavy (non-hydrogen) atoms. The highest BCUT2D eigenvalue weighted by Crippen LogP contribution is 1.97. The van der Waals surface area contributed by atoms with Crippen LogP contribution in [0.1, 0.15) is 5.82 Å². The van der Waals surface area contributed by atoms with Gasteiger partial charge in [-0.2, -0.15) is 5.10 Å². The van der Waals surface area contributed by atoms with Gasteiger partial charge in [0.1, 0.15) is 12.2 Å². The predicted octanol–water partition coefficient (Wildman–Crippen LogP) is 0.813. The molecule has 0 amide bonds. The fraction of sp³-hybridized carbons (Fsp3) is 0.429. The number of nitrogens with one attached hydrogen (secondary N) is 1. The van der Waals surface area contributed by atoms with Gasteiger partial charge in [-0.05, 0) is 0 Å². The molecule has 0 atom stereocenters. The Balaban J connectivity index is 2.33. The first-order valence-corrected chi connectivity index (χ1v) is 4.36. The molecule has 1 aromatic rings. The molecule has 0 bridgehead atoms. The lowest BCUT2D eigenvalue weighted by molar-refractivity contribution is 0.641. The van der Waals surface area contributed by atoms with Crippen molar-refractivity contribution in [1.29, 1.82) is 0 Å². The molecule has 0 aromatic carbocycles. The Labute approximate surface area is 79.8 Å². The van der Waals surface area contributed by atoms with Crippen LogP contribution in [0.25, 0.3) is 0 Å². The van der Waals surface area contributed by atoms with E-state index >= 15 is 0 Å². The number of aryl methyl sites for hydroxylation is 1. The number of rotatable bonds is 4. The van der Waals surface area contributed by atoms with Crippen molar-refractivity contribution >= 4 is 15.9 Å². The first-order chi connectivity index (χ1) is 5.70. The van der Waals surface area contributed by atoms with E-state index in [2.05, 4.69) is 37.9 Å². The topological polar surface area (TPSA) is 42.7 Å². The second-order valence-electron chi connectivity index (χ2n) is 2.42. The third kappa shape index (κ3) is 2.75. The van der Waals surface area contributed by atoms with Gasteiger partial charge in [0.2, 0.25) is 0 Å². The SMILES string of the molecule is C=C(Br)CNCc1ncnn1C. The van der Waals surface area contributed by atoms with E-state index in [0.29, 0.717) is 6.54 Å². The largest absolute Gasteiger partial charge is 0.305 e. The van der Waals surface area contributed by atoms with E-state index in [1.165, 1.54) is 0 Å². The fourth-order valence-corrected chi connectivity index (χ4v) is 0.988. The lowest BCUT2D eigenvalue weighted by Crippen LogP contribution is -2.17. The molecule has 1 N–H and O–H groups in total. The number of nitrogens with zero attached hydrogens (tertiary/aromatic N) is 3. The van der Waals surface area contributed by atoms with Gasteiger partial charge in [-0.1, -0.05) is 22.5 Å². The van der Waals surface area contributed by atoms with Gasteiger partial charge in [-0.15, -0.1) is 0 Å². The van der Waals surface area contributed by atoms with E-state index in [1.807, 2.05) is 7.05 Å². The van der Waals surface area contributed by atoms with Crippen molar-refractivity contribution < 1.29 is 0 Å². The van der Waals surface area contributed by atoms with Gasteiger partial charge in [0, 0.05) is 18.1 Å². The van der Waals surface area contributed by atoms with Crippen LogP contribution in [-0.4, -0.2) is 21.3 Å². The van der Waals surface area contributed by atoms with Crippen LogP contribution in [0.2, 0.25) is 0 Å². The maximum atomic E-state index is 4.06. The Hall–Kier alpha value is -0.680. The minimum atomic E-state index is 0.709. The average molecular weight is 231 g/mol. The van der Waals surface area contributed by atoms with Gasteiger partial charge < -0.3 is 5.32 Å². The first kappa shape index (κ1) is 9.41. The molecule has 0 spiro atoms. The average Bonchev–Trinajstić information content (AvgIpc) is 2.36. The van der Waals surface area contributed by atoms with Crippen molar-refractivity contribution in [2.75, 3.05) is 6.54 Å². The molecule has 0 saturated carbocycles. The maximum Gasteiger partial charge on any atom is 0.140 e. The molecule has 1 heterocycles. The molecular formula is C7H11BrN4. The highest BCUT2D eigenvalue weighted by atomic mass is 79.9. The maximum absolute atomic E-state index is 4.06. The monoisotopic (exact) mass is 230 g/mol. The van der Waals surface area contributed by atoms with Crippen molar-refractivity contribution in [3.63, 3.8) is 0 Å². The highest BCUT2D eigenvalue weighted by molar-refractivity contribution is 9.11. The zero-order valence-corrected chi connectivity index (χ0v) is 8.50. The molecule has 0 radical (unpaired) electrons. The molecule has 1 rings (SSSR count). The zero-order chi connectivity index (χ0) is 8.97. The highest BCUT2D eigenvalue weighted by Gasteiger charge is 1.98. The minimum Gasteiger partial charge on any atom is -0.305 e. The normalized spacial score (nSPS) is 10.2. The Morgan fingerprint density at radius 1 is 1.83 bits per heavy atom. The summed E-state index contributed by atoms with van der Waals surface area (Å²) < 4.78 is 2.67. The number of aromatic nitrogens is 3. The van der Waals surface area contributed by atoms with Gasteiger partial charge in [-0.3, -0.25) is 4.68 Å². The van der Waals surface area contributed by atoms with Gasteiger partial charge >= 0.3 is 0 Å². The van der Waals surface area contributed by atoms with E-state index in [4.69, 9.17) is 0 Å². The number of hydrogen-bond acceptors (Lipinski definition) is 3. The molecule has 0 unspecified atom stereocenters. The summed E-state index contributed by atoms with van der Waals surface area (Å²) in [6.45, 7) is 5.16. The van der Waals surface area contributed by atoms with Gasteiger partial charge in [0.25, 0.3) is 0 Å². The second kappa shape index (κ2) is 4.37. The predicted molar refractivity (Wildman–Crippen MR) is 50.8 cm³/mol. The quantitative estimate of drug-likeness (QED) is 0.833.